The van der Waals surface area contributed by atoms with Crippen LogP contribution in [0.2, 0.25) is 0 Å². The van der Waals surface area contributed by atoms with E-state index in [9.17, 15) is 5.11 Å². The molecule has 3 nitrogen and oxygen atoms in total. The van der Waals surface area contributed by atoms with Gasteiger partial charge in [-0.15, -0.1) is 6.42 Å². The van der Waals surface area contributed by atoms with Crippen LogP contribution in [0, 0.1) is 12.3 Å². The molecule has 0 radical (unpaired) electrons. The molecule has 19 heavy (non-hydrogen) atoms. The van der Waals surface area contributed by atoms with E-state index in [0.29, 0.717) is 11.2 Å². The van der Waals surface area contributed by atoms with Crippen LogP contribution in [0.4, 0.5) is 0 Å². The Morgan fingerprint density at radius 1 is 1.37 bits per heavy atom. The van der Waals surface area contributed by atoms with Crippen molar-refractivity contribution in [3.05, 3.63) is 12.2 Å². The van der Waals surface area contributed by atoms with Crippen molar-refractivity contribution < 1.29 is 14.6 Å². The van der Waals surface area contributed by atoms with Crippen LogP contribution >= 0.6 is 15.9 Å². The van der Waals surface area contributed by atoms with E-state index in [-0.39, 0.29) is 24.4 Å². The van der Waals surface area contributed by atoms with Crippen molar-refractivity contribution in [2.75, 3.05) is 0 Å². The second-order valence-corrected chi connectivity index (χ2v) is 6.37. The molecule has 6 atom stereocenters. The summed E-state index contributed by atoms with van der Waals surface area (Å²) < 4.78 is 11.9. The van der Waals surface area contributed by atoms with Crippen LogP contribution < -0.4 is 0 Å². The summed E-state index contributed by atoms with van der Waals surface area (Å²) in [5, 5.41) is 10.0. The fraction of sp³-hybridized carbons (Fsp3) is 0.733. The number of fused-ring (bicyclic) bond motifs is 1. The number of terminal acetylenes is 1. The van der Waals surface area contributed by atoms with Crippen molar-refractivity contribution in [2.45, 2.75) is 68.0 Å². The molecule has 2 fully saturated rings. The number of aliphatic hydroxyl groups is 1. The molecule has 2 saturated heterocycles. The maximum atomic E-state index is 10.0. The molecule has 0 aliphatic carbocycles. The van der Waals surface area contributed by atoms with E-state index < -0.39 is 6.10 Å². The third-order valence-electron chi connectivity index (χ3n) is 3.86. The van der Waals surface area contributed by atoms with E-state index in [0.717, 1.165) is 19.3 Å². The van der Waals surface area contributed by atoms with Crippen molar-refractivity contribution in [1.29, 1.82) is 0 Å². The minimum atomic E-state index is -0.497. The highest BCUT2D eigenvalue weighted by Crippen LogP contribution is 2.38. The zero-order valence-corrected chi connectivity index (χ0v) is 12.8. The first-order chi connectivity index (χ1) is 9.15. The number of hydrogen-bond acceptors (Lipinski definition) is 3. The van der Waals surface area contributed by atoms with Crippen molar-refractivity contribution in [3.8, 4) is 12.3 Å². The first-order valence-electron chi connectivity index (χ1n) is 6.89. The fourth-order valence-electron chi connectivity index (χ4n) is 2.78. The predicted molar refractivity (Wildman–Crippen MR) is 78.2 cm³/mol. The number of allylic oxidation sites excluding steroid dienone is 1. The van der Waals surface area contributed by atoms with Crippen LogP contribution in [0.15, 0.2) is 12.2 Å². The first-order valence-corrected chi connectivity index (χ1v) is 7.81. The summed E-state index contributed by atoms with van der Waals surface area (Å²) in [6.07, 6.45) is 11.7. The number of hydrogen-bond donors (Lipinski definition) is 1. The summed E-state index contributed by atoms with van der Waals surface area (Å²) in [4.78, 5) is 0.392. The topological polar surface area (TPSA) is 38.7 Å². The first kappa shape index (κ1) is 15.1. The van der Waals surface area contributed by atoms with E-state index in [1.54, 1.807) is 12.2 Å². The molecule has 0 unspecified atom stereocenters. The van der Waals surface area contributed by atoms with Crippen LogP contribution in [-0.4, -0.2) is 40.5 Å². The minimum absolute atomic E-state index is 0.131. The third kappa shape index (κ3) is 3.61. The van der Waals surface area contributed by atoms with Crippen LogP contribution in [0.3, 0.4) is 0 Å². The van der Waals surface area contributed by atoms with E-state index in [1.165, 1.54) is 0 Å². The lowest BCUT2D eigenvalue weighted by Gasteiger charge is -2.21. The molecule has 0 aromatic rings. The van der Waals surface area contributed by atoms with E-state index in [2.05, 4.69) is 28.8 Å². The lowest BCUT2D eigenvalue weighted by Crippen LogP contribution is -2.28. The number of aliphatic hydroxyl groups excluding tert-OH is 1. The average molecular weight is 329 g/mol. The molecule has 1 N–H and O–H groups in total. The highest BCUT2D eigenvalue weighted by Gasteiger charge is 2.46. The SMILES string of the molecule is C#C/C=C/C[C@@H](O)[C@H]1C[C@H]2O[C@@H]([C@@H](Br)CC)C[C@H]2O1. The molecule has 106 valence electrons. The van der Waals surface area contributed by atoms with Gasteiger partial charge in [-0.2, -0.15) is 0 Å². The average Bonchev–Trinajstić information content (AvgIpc) is 2.96. The normalized spacial score (nSPS) is 37.2. The summed E-state index contributed by atoms with van der Waals surface area (Å²) in [5.74, 6) is 2.42. The summed E-state index contributed by atoms with van der Waals surface area (Å²) in [6, 6.07) is 0. The van der Waals surface area contributed by atoms with Gasteiger partial charge in [0.05, 0.1) is 30.5 Å². The van der Waals surface area contributed by atoms with Gasteiger partial charge in [0.15, 0.2) is 0 Å². The Hall–Kier alpha value is -0.340. The Labute approximate surface area is 123 Å². The van der Waals surface area contributed by atoms with Crippen LogP contribution in [0.1, 0.15) is 32.6 Å². The molecule has 0 spiro atoms. The second-order valence-electron chi connectivity index (χ2n) is 5.19. The quantitative estimate of drug-likeness (QED) is 0.622. The Morgan fingerprint density at radius 2 is 2.00 bits per heavy atom. The fourth-order valence-corrected chi connectivity index (χ4v) is 3.12. The van der Waals surface area contributed by atoms with Gasteiger partial charge in [-0.05, 0) is 18.9 Å². The summed E-state index contributed by atoms with van der Waals surface area (Å²) >= 11 is 3.64. The van der Waals surface area contributed by atoms with Crippen LogP contribution in [0.5, 0.6) is 0 Å². The molecule has 2 aliphatic rings. The van der Waals surface area contributed by atoms with Gasteiger partial charge in [0.1, 0.15) is 0 Å². The standard InChI is InChI=1S/C15H21BrO3/c1-3-5-6-7-11(17)13-9-15-14(19-13)8-12(18-15)10(16)4-2/h1,5-6,10-15,17H,4,7-9H2,2H3/b6-5+/t10-,11+,12+,13+,14+,15+/m0/s1. The van der Waals surface area contributed by atoms with E-state index in [1.807, 2.05) is 0 Å². The van der Waals surface area contributed by atoms with Gasteiger partial charge in [0.2, 0.25) is 0 Å². The smallest absolute Gasteiger partial charge is 0.0868 e. The van der Waals surface area contributed by atoms with Crippen LogP contribution in [-0.2, 0) is 9.47 Å². The minimum Gasteiger partial charge on any atom is -0.390 e. The van der Waals surface area contributed by atoms with Crippen molar-refractivity contribution >= 4 is 15.9 Å². The summed E-state index contributed by atoms with van der Waals surface area (Å²) in [6.45, 7) is 2.14. The van der Waals surface area contributed by atoms with Gasteiger partial charge >= 0.3 is 0 Å². The molecule has 0 saturated carbocycles. The monoisotopic (exact) mass is 328 g/mol. The zero-order chi connectivity index (χ0) is 13.8. The highest BCUT2D eigenvalue weighted by molar-refractivity contribution is 9.09. The molecule has 4 heteroatoms. The molecule has 0 aromatic carbocycles. The Kier molecular flexibility index (Phi) is 5.47. The van der Waals surface area contributed by atoms with Crippen molar-refractivity contribution in [3.63, 3.8) is 0 Å². The third-order valence-corrected chi connectivity index (χ3v) is 5.09. The Bertz CT molecular complexity index is 349. The molecule has 2 aliphatic heterocycles. The van der Waals surface area contributed by atoms with Gasteiger partial charge < -0.3 is 14.6 Å². The molecule has 0 amide bonds. The Morgan fingerprint density at radius 3 is 2.63 bits per heavy atom. The molecular weight excluding hydrogens is 308 g/mol. The summed E-state index contributed by atoms with van der Waals surface area (Å²) in [5.41, 5.74) is 0. The molecule has 0 bridgehead atoms. The van der Waals surface area contributed by atoms with Gasteiger partial charge in [-0.3, -0.25) is 0 Å². The zero-order valence-electron chi connectivity index (χ0n) is 11.2. The number of halogens is 1. The number of ether oxygens (including phenoxy) is 2. The lowest BCUT2D eigenvalue weighted by molar-refractivity contribution is -0.0330. The largest absolute Gasteiger partial charge is 0.390 e. The molecule has 2 heterocycles. The van der Waals surface area contributed by atoms with Gasteiger partial charge in [0, 0.05) is 17.7 Å². The summed E-state index contributed by atoms with van der Waals surface area (Å²) in [7, 11) is 0. The molecule has 2 rings (SSSR count). The van der Waals surface area contributed by atoms with Crippen molar-refractivity contribution in [2.24, 2.45) is 0 Å². The predicted octanol–water partition coefficient (Wildman–Crippen LogP) is 2.42. The maximum Gasteiger partial charge on any atom is 0.0868 e. The molecular formula is C15H21BrO3. The number of alkyl halides is 1. The van der Waals surface area contributed by atoms with E-state index in [4.69, 9.17) is 15.9 Å². The molecule has 0 aromatic heterocycles. The second kappa shape index (κ2) is 6.90. The lowest BCUT2D eigenvalue weighted by atomic mass is 10.0. The van der Waals surface area contributed by atoms with Crippen LogP contribution in [0.25, 0.3) is 0 Å². The number of rotatable bonds is 5. The maximum absolute atomic E-state index is 10.0. The van der Waals surface area contributed by atoms with Crippen molar-refractivity contribution in [1.82, 2.24) is 0 Å². The highest BCUT2D eigenvalue weighted by atomic mass is 79.9. The van der Waals surface area contributed by atoms with E-state index >= 15 is 0 Å². The Balaban J connectivity index is 1.81. The van der Waals surface area contributed by atoms with Gasteiger partial charge in [-0.1, -0.05) is 34.9 Å². The van der Waals surface area contributed by atoms with Gasteiger partial charge in [-0.25, -0.2) is 0 Å². The van der Waals surface area contributed by atoms with Gasteiger partial charge in [0.25, 0.3) is 0 Å².